The number of nitrogen functional groups attached to an aromatic ring is 1. The number of aromatic nitrogens is 2. The molecule has 3 N–H and O–H groups in total. The Morgan fingerprint density at radius 2 is 2.16 bits per heavy atom. The first-order chi connectivity index (χ1) is 9.04. The van der Waals surface area contributed by atoms with Crippen molar-refractivity contribution in [2.75, 3.05) is 12.3 Å². The van der Waals surface area contributed by atoms with Crippen LogP contribution in [0, 0.1) is 6.92 Å². The standard InChI is InChI=1S/C13H21N3O3/c1-3-4-5-8-19-11(17)7-6-10-9(2)15-13(14)16-12(10)18/h3-8H2,1-2H3,(H3,14,15,16,18). The molecule has 1 rings (SSSR count). The Labute approximate surface area is 112 Å². The Morgan fingerprint density at radius 3 is 2.79 bits per heavy atom. The molecule has 0 unspecified atom stereocenters. The van der Waals surface area contributed by atoms with Gasteiger partial charge in [-0.05, 0) is 19.8 Å². The van der Waals surface area contributed by atoms with Gasteiger partial charge < -0.3 is 10.5 Å². The number of aryl methyl sites for hydroxylation is 1. The summed E-state index contributed by atoms with van der Waals surface area (Å²) in [6, 6.07) is 0. The molecule has 0 aliphatic rings. The van der Waals surface area contributed by atoms with Crippen molar-refractivity contribution < 1.29 is 9.53 Å². The molecule has 1 aromatic rings. The van der Waals surface area contributed by atoms with Gasteiger partial charge in [0.2, 0.25) is 5.95 Å². The highest BCUT2D eigenvalue weighted by Crippen LogP contribution is 2.04. The van der Waals surface area contributed by atoms with Gasteiger partial charge in [0.15, 0.2) is 0 Å². The second-order valence-electron chi connectivity index (χ2n) is 4.44. The molecule has 0 radical (unpaired) electrons. The lowest BCUT2D eigenvalue weighted by atomic mass is 10.1. The summed E-state index contributed by atoms with van der Waals surface area (Å²) in [6.07, 6.45) is 3.52. The van der Waals surface area contributed by atoms with Crippen LogP contribution in [-0.2, 0) is 16.0 Å². The maximum atomic E-state index is 11.6. The Hall–Kier alpha value is -1.85. The number of anilines is 1. The zero-order chi connectivity index (χ0) is 14.3. The molecule has 0 fully saturated rings. The second kappa shape index (κ2) is 7.56. The number of hydrogen-bond acceptors (Lipinski definition) is 5. The molecule has 0 aliphatic heterocycles. The van der Waals surface area contributed by atoms with E-state index in [1.807, 2.05) is 0 Å². The molecular weight excluding hydrogens is 246 g/mol. The number of esters is 1. The first-order valence-corrected chi connectivity index (χ1v) is 6.55. The van der Waals surface area contributed by atoms with Gasteiger partial charge in [0.25, 0.3) is 5.56 Å². The van der Waals surface area contributed by atoms with Crippen molar-refractivity contribution in [1.82, 2.24) is 9.97 Å². The molecule has 0 aromatic carbocycles. The van der Waals surface area contributed by atoms with Crippen LogP contribution >= 0.6 is 0 Å². The molecule has 0 amide bonds. The van der Waals surface area contributed by atoms with Crippen LogP contribution in [0.5, 0.6) is 0 Å². The zero-order valence-corrected chi connectivity index (χ0v) is 11.5. The quantitative estimate of drug-likeness (QED) is 0.573. The Balaban J connectivity index is 2.44. The maximum Gasteiger partial charge on any atom is 0.306 e. The minimum Gasteiger partial charge on any atom is -0.466 e. The number of carbonyl (C=O) groups excluding carboxylic acids is 1. The van der Waals surface area contributed by atoms with Crippen LogP contribution in [0.1, 0.15) is 43.9 Å². The largest absolute Gasteiger partial charge is 0.466 e. The van der Waals surface area contributed by atoms with Gasteiger partial charge >= 0.3 is 5.97 Å². The molecule has 1 aromatic heterocycles. The third kappa shape index (κ3) is 5.11. The monoisotopic (exact) mass is 267 g/mol. The summed E-state index contributed by atoms with van der Waals surface area (Å²) < 4.78 is 5.07. The number of nitrogens with one attached hydrogen (secondary N) is 1. The molecule has 0 aliphatic carbocycles. The minimum absolute atomic E-state index is 0.0911. The predicted octanol–water partition coefficient (Wildman–Crippen LogP) is 1.33. The number of unbranched alkanes of at least 4 members (excludes halogenated alkanes) is 2. The fourth-order valence-electron chi connectivity index (χ4n) is 1.76. The molecule has 1 heterocycles. The summed E-state index contributed by atoms with van der Waals surface area (Å²) in [5.74, 6) is -0.194. The first kappa shape index (κ1) is 15.2. The van der Waals surface area contributed by atoms with Gasteiger partial charge in [0.05, 0.1) is 6.61 Å². The number of nitrogens with two attached hydrogens (primary N) is 1. The highest BCUT2D eigenvalue weighted by atomic mass is 16.5. The molecule has 0 atom stereocenters. The Bertz CT molecular complexity index is 483. The molecule has 0 bridgehead atoms. The van der Waals surface area contributed by atoms with E-state index in [-0.39, 0.29) is 23.9 Å². The number of ether oxygens (including phenoxy) is 1. The fraction of sp³-hybridized carbons (Fsp3) is 0.615. The van der Waals surface area contributed by atoms with Crippen LogP contribution in [0.25, 0.3) is 0 Å². The number of nitrogens with zero attached hydrogens (tertiary/aromatic N) is 1. The van der Waals surface area contributed by atoms with Crippen molar-refractivity contribution in [2.45, 2.75) is 46.0 Å². The van der Waals surface area contributed by atoms with Crippen molar-refractivity contribution in [2.24, 2.45) is 0 Å². The van der Waals surface area contributed by atoms with E-state index in [0.29, 0.717) is 24.3 Å². The highest BCUT2D eigenvalue weighted by molar-refractivity contribution is 5.69. The van der Waals surface area contributed by atoms with Crippen LogP contribution in [0.15, 0.2) is 4.79 Å². The lowest BCUT2D eigenvalue weighted by molar-refractivity contribution is -0.143. The van der Waals surface area contributed by atoms with Crippen molar-refractivity contribution in [1.29, 1.82) is 0 Å². The van der Waals surface area contributed by atoms with Crippen LogP contribution in [0.2, 0.25) is 0 Å². The first-order valence-electron chi connectivity index (χ1n) is 6.55. The van der Waals surface area contributed by atoms with Crippen LogP contribution in [-0.4, -0.2) is 22.5 Å². The molecule has 6 heteroatoms. The smallest absolute Gasteiger partial charge is 0.306 e. The van der Waals surface area contributed by atoms with E-state index >= 15 is 0 Å². The fourth-order valence-corrected chi connectivity index (χ4v) is 1.76. The van der Waals surface area contributed by atoms with Gasteiger partial charge in [0, 0.05) is 17.7 Å². The Kier molecular flexibility index (Phi) is 6.05. The highest BCUT2D eigenvalue weighted by Gasteiger charge is 2.10. The molecule has 0 saturated heterocycles. The van der Waals surface area contributed by atoms with E-state index < -0.39 is 0 Å². The van der Waals surface area contributed by atoms with Crippen molar-refractivity contribution in [3.63, 3.8) is 0 Å². The van der Waals surface area contributed by atoms with E-state index in [1.54, 1.807) is 6.92 Å². The zero-order valence-electron chi connectivity index (χ0n) is 11.5. The molecule has 0 spiro atoms. The summed E-state index contributed by atoms with van der Waals surface area (Å²) in [5, 5.41) is 0. The number of hydrogen-bond donors (Lipinski definition) is 2. The SMILES string of the molecule is CCCCCOC(=O)CCc1c(C)nc(N)[nH]c1=O. The number of H-pyrrole nitrogens is 1. The van der Waals surface area contributed by atoms with Gasteiger partial charge in [-0.15, -0.1) is 0 Å². The average Bonchev–Trinajstić information content (AvgIpc) is 2.33. The molecule has 6 nitrogen and oxygen atoms in total. The van der Waals surface area contributed by atoms with E-state index in [0.717, 1.165) is 19.3 Å². The van der Waals surface area contributed by atoms with Crippen LogP contribution in [0.3, 0.4) is 0 Å². The van der Waals surface area contributed by atoms with Gasteiger partial charge in [-0.25, -0.2) is 4.98 Å². The van der Waals surface area contributed by atoms with Crippen molar-refractivity contribution in [3.05, 3.63) is 21.6 Å². The molecule has 19 heavy (non-hydrogen) atoms. The topological polar surface area (TPSA) is 98.1 Å². The van der Waals surface area contributed by atoms with E-state index in [4.69, 9.17) is 10.5 Å². The molecule has 0 saturated carbocycles. The van der Waals surface area contributed by atoms with Gasteiger partial charge in [-0.3, -0.25) is 14.6 Å². The van der Waals surface area contributed by atoms with Gasteiger partial charge in [0.1, 0.15) is 0 Å². The number of rotatable bonds is 7. The van der Waals surface area contributed by atoms with Crippen molar-refractivity contribution in [3.8, 4) is 0 Å². The van der Waals surface area contributed by atoms with E-state index in [1.165, 1.54) is 0 Å². The number of carbonyl (C=O) groups is 1. The lowest BCUT2D eigenvalue weighted by Gasteiger charge is -2.06. The van der Waals surface area contributed by atoms with Gasteiger partial charge in [-0.1, -0.05) is 19.8 Å². The van der Waals surface area contributed by atoms with Crippen LogP contribution in [0.4, 0.5) is 5.95 Å². The van der Waals surface area contributed by atoms with E-state index in [2.05, 4.69) is 16.9 Å². The third-order valence-corrected chi connectivity index (χ3v) is 2.83. The third-order valence-electron chi connectivity index (χ3n) is 2.83. The summed E-state index contributed by atoms with van der Waals surface area (Å²) in [6.45, 7) is 4.24. The van der Waals surface area contributed by atoms with Gasteiger partial charge in [-0.2, -0.15) is 0 Å². The minimum atomic E-state index is -0.288. The average molecular weight is 267 g/mol. The lowest BCUT2D eigenvalue weighted by Crippen LogP contribution is -2.19. The second-order valence-corrected chi connectivity index (χ2v) is 4.44. The molecule has 106 valence electrons. The van der Waals surface area contributed by atoms with Crippen LogP contribution < -0.4 is 11.3 Å². The number of aromatic amines is 1. The Morgan fingerprint density at radius 1 is 1.42 bits per heavy atom. The molecular formula is C13H21N3O3. The van der Waals surface area contributed by atoms with E-state index in [9.17, 15) is 9.59 Å². The summed E-state index contributed by atoms with van der Waals surface area (Å²) in [5.41, 5.74) is 6.17. The summed E-state index contributed by atoms with van der Waals surface area (Å²) in [4.78, 5) is 29.5. The summed E-state index contributed by atoms with van der Waals surface area (Å²) >= 11 is 0. The summed E-state index contributed by atoms with van der Waals surface area (Å²) in [7, 11) is 0. The predicted molar refractivity (Wildman–Crippen MR) is 72.8 cm³/mol. The normalized spacial score (nSPS) is 10.4. The van der Waals surface area contributed by atoms with Crippen molar-refractivity contribution >= 4 is 11.9 Å². The maximum absolute atomic E-state index is 11.6.